The minimum atomic E-state index is -4.18. The average Bonchev–Trinajstić information content (AvgIpc) is 2.79. The molecule has 0 atom stereocenters. The number of fused-ring (bicyclic) bond motifs is 1. The molecule has 1 aliphatic rings. The molecule has 0 radical (unpaired) electrons. The van der Waals surface area contributed by atoms with Crippen molar-refractivity contribution in [1.29, 1.82) is 0 Å². The van der Waals surface area contributed by atoms with Gasteiger partial charge in [-0.05, 0) is 110 Å². The van der Waals surface area contributed by atoms with Crippen molar-refractivity contribution >= 4 is 16.0 Å². The Balaban J connectivity index is 1.68. The maximum absolute atomic E-state index is 14.6. The quantitative estimate of drug-likeness (QED) is 0.454. The molecular weight excluding hydrogens is 481 g/mol. The third-order valence-corrected chi connectivity index (χ3v) is 8.31. The first-order valence-electron chi connectivity index (χ1n) is 11.7. The number of aryl methyl sites for hydroxylation is 3. The number of carboxylic acid groups (broad SMARTS) is 1. The van der Waals surface area contributed by atoms with E-state index in [1.165, 1.54) is 18.2 Å². The smallest absolute Gasteiger partial charge is 0.318 e. The van der Waals surface area contributed by atoms with Crippen LogP contribution in [0, 0.1) is 19.7 Å². The molecule has 0 spiro atoms. The van der Waals surface area contributed by atoms with Crippen molar-refractivity contribution in [2.24, 2.45) is 0 Å². The molecule has 0 unspecified atom stereocenters. The van der Waals surface area contributed by atoms with Crippen molar-refractivity contribution in [3.8, 4) is 16.9 Å². The van der Waals surface area contributed by atoms with E-state index in [9.17, 15) is 22.7 Å². The van der Waals surface area contributed by atoms with Crippen molar-refractivity contribution < 1.29 is 27.4 Å². The van der Waals surface area contributed by atoms with Gasteiger partial charge in [0.1, 0.15) is 23.7 Å². The van der Waals surface area contributed by atoms with Gasteiger partial charge in [0.25, 0.3) is 0 Å². The van der Waals surface area contributed by atoms with E-state index in [1.807, 2.05) is 45.9 Å². The van der Waals surface area contributed by atoms with Crippen LogP contribution in [0.5, 0.6) is 5.75 Å². The van der Waals surface area contributed by atoms with Gasteiger partial charge in [-0.15, -0.1) is 0 Å². The Morgan fingerprint density at radius 2 is 1.78 bits per heavy atom. The van der Waals surface area contributed by atoms with Crippen molar-refractivity contribution in [2.45, 2.75) is 57.6 Å². The van der Waals surface area contributed by atoms with Gasteiger partial charge in [-0.25, -0.2) is 12.8 Å². The van der Waals surface area contributed by atoms with Crippen LogP contribution in [0.1, 0.15) is 42.5 Å². The normalized spacial score (nSPS) is 14.8. The minimum Gasteiger partial charge on any atom is -0.488 e. The van der Waals surface area contributed by atoms with Gasteiger partial charge in [0.2, 0.25) is 10.0 Å². The summed E-state index contributed by atoms with van der Waals surface area (Å²) in [5.74, 6) is -1.20. The third kappa shape index (κ3) is 5.60. The van der Waals surface area contributed by atoms with Gasteiger partial charge >= 0.3 is 5.97 Å². The highest BCUT2D eigenvalue weighted by Gasteiger charge is 2.31. The average molecular weight is 512 g/mol. The number of rotatable bonds is 7. The van der Waals surface area contributed by atoms with Crippen molar-refractivity contribution in [3.05, 3.63) is 82.7 Å². The van der Waals surface area contributed by atoms with E-state index < -0.39 is 28.4 Å². The molecule has 36 heavy (non-hydrogen) atoms. The fourth-order valence-corrected chi connectivity index (χ4v) is 5.78. The van der Waals surface area contributed by atoms with Gasteiger partial charge in [0, 0.05) is 6.54 Å². The zero-order valence-electron chi connectivity index (χ0n) is 20.8. The number of ether oxygens (including phenoxy) is 1. The fourth-order valence-electron chi connectivity index (χ4n) is 4.35. The first-order chi connectivity index (χ1) is 16.8. The summed E-state index contributed by atoms with van der Waals surface area (Å²) in [6, 6.07) is 14.7. The summed E-state index contributed by atoms with van der Waals surface area (Å²) in [7, 11) is -4.18. The van der Waals surface area contributed by atoms with Crippen LogP contribution in [0.4, 0.5) is 4.39 Å². The number of hydrogen-bond acceptors (Lipinski definition) is 4. The van der Waals surface area contributed by atoms with E-state index in [-0.39, 0.29) is 17.0 Å². The Hall–Kier alpha value is -3.23. The number of nitrogens with zero attached hydrogens (tertiary/aromatic N) is 1. The molecule has 190 valence electrons. The fraction of sp³-hybridized carbons (Fsp3) is 0.321. The molecule has 3 aromatic rings. The summed E-state index contributed by atoms with van der Waals surface area (Å²) in [6.45, 7) is 6.85. The molecule has 0 saturated carbocycles. The number of carbonyl (C=O) groups is 1. The van der Waals surface area contributed by atoms with Gasteiger partial charge in [-0.1, -0.05) is 18.2 Å². The lowest BCUT2D eigenvalue weighted by atomic mass is 9.94. The summed E-state index contributed by atoms with van der Waals surface area (Å²) >= 11 is 0. The van der Waals surface area contributed by atoms with Crippen LogP contribution >= 0.6 is 0 Å². The molecule has 1 aliphatic heterocycles. The van der Waals surface area contributed by atoms with E-state index in [4.69, 9.17) is 4.74 Å². The Morgan fingerprint density at radius 3 is 2.47 bits per heavy atom. The van der Waals surface area contributed by atoms with Crippen LogP contribution in [0.25, 0.3) is 11.1 Å². The second-order valence-corrected chi connectivity index (χ2v) is 11.9. The molecular formula is C28H30FNO5S. The third-order valence-electron chi connectivity index (χ3n) is 6.52. The molecule has 8 heteroatoms. The topological polar surface area (TPSA) is 83.9 Å². The van der Waals surface area contributed by atoms with E-state index in [1.54, 1.807) is 18.2 Å². The van der Waals surface area contributed by atoms with Crippen LogP contribution in [0.15, 0.2) is 59.5 Å². The zero-order valence-corrected chi connectivity index (χ0v) is 21.7. The molecule has 0 aliphatic carbocycles. The number of hydrogen-bond donors (Lipinski definition) is 1. The van der Waals surface area contributed by atoms with Crippen molar-refractivity contribution in [2.75, 3.05) is 6.54 Å². The summed E-state index contributed by atoms with van der Waals surface area (Å²) in [6.07, 6.45) is 1.38. The predicted molar refractivity (Wildman–Crippen MR) is 136 cm³/mol. The monoisotopic (exact) mass is 511 g/mol. The minimum absolute atomic E-state index is 0.0170. The van der Waals surface area contributed by atoms with E-state index in [0.29, 0.717) is 23.3 Å². The summed E-state index contributed by atoms with van der Waals surface area (Å²) in [5, 5.41) is 9.47. The highest BCUT2D eigenvalue weighted by molar-refractivity contribution is 7.89. The molecule has 0 amide bonds. The summed E-state index contributed by atoms with van der Waals surface area (Å²) in [5.41, 5.74) is 4.32. The Bertz CT molecular complexity index is 1430. The van der Waals surface area contributed by atoms with Crippen molar-refractivity contribution in [1.82, 2.24) is 4.31 Å². The molecule has 0 bridgehead atoms. The lowest BCUT2D eigenvalue weighted by Gasteiger charge is -2.33. The second-order valence-electron chi connectivity index (χ2n) is 9.95. The number of halogens is 1. The Morgan fingerprint density at radius 1 is 1.03 bits per heavy atom. The van der Waals surface area contributed by atoms with Crippen LogP contribution in [-0.2, 0) is 27.8 Å². The van der Waals surface area contributed by atoms with E-state index in [0.717, 1.165) is 33.0 Å². The highest BCUT2D eigenvalue weighted by Crippen LogP contribution is 2.35. The van der Waals surface area contributed by atoms with Crippen LogP contribution < -0.4 is 4.74 Å². The number of sulfonamides is 1. The molecule has 0 fully saturated rings. The molecule has 0 aromatic heterocycles. The molecule has 4 rings (SSSR count). The first kappa shape index (κ1) is 25.9. The molecule has 1 N–H and O–H groups in total. The molecule has 6 nitrogen and oxygen atoms in total. The molecule has 0 saturated heterocycles. The Labute approximate surface area is 211 Å². The van der Waals surface area contributed by atoms with Crippen LogP contribution in [-0.4, -0.2) is 35.9 Å². The second kappa shape index (κ2) is 9.67. The zero-order chi connectivity index (χ0) is 26.3. The lowest BCUT2D eigenvalue weighted by Crippen LogP contribution is -2.36. The summed E-state index contributed by atoms with van der Waals surface area (Å²) < 4.78 is 48.5. The SMILES string of the molecule is Cc1ccc(-c2cc(F)cc(CN(CC(=O)O)S(=O)(=O)c3ccc4c(c3)CCC(C)(C)O4)c2)cc1C. The summed E-state index contributed by atoms with van der Waals surface area (Å²) in [4.78, 5) is 11.6. The standard InChI is InChI=1S/C28H30FNO5S/c1-18-5-6-21(11-19(18)2)23-12-20(13-24(29)14-23)16-30(17-27(31)32)36(33,34)25-7-8-26-22(15-25)9-10-28(3,4)35-26/h5-8,11-15H,9-10,16-17H2,1-4H3,(H,31,32). The molecule has 1 heterocycles. The largest absolute Gasteiger partial charge is 0.488 e. The van der Waals surface area contributed by atoms with Gasteiger partial charge in [0.05, 0.1) is 4.90 Å². The highest BCUT2D eigenvalue weighted by atomic mass is 32.2. The van der Waals surface area contributed by atoms with E-state index in [2.05, 4.69) is 0 Å². The van der Waals surface area contributed by atoms with Crippen LogP contribution in [0.3, 0.4) is 0 Å². The number of carboxylic acids is 1. The molecule has 3 aromatic carbocycles. The first-order valence-corrected chi connectivity index (χ1v) is 13.2. The van der Waals surface area contributed by atoms with Gasteiger partial charge in [-0.2, -0.15) is 4.31 Å². The van der Waals surface area contributed by atoms with E-state index >= 15 is 0 Å². The van der Waals surface area contributed by atoms with Gasteiger partial charge < -0.3 is 9.84 Å². The van der Waals surface area contributed by atoms with Gasteiger partial charge in [-0.3, -0.25) is 4.79 Å². The predicted octanol–water partition coefficient (Wildman–Crippen LogP) is 5.49. The Kier molecular flexibility index (Phi) is 6.94. The van der Waals surface area contributed by atoms with Crippen molar-refractivity contribution in [3.63, 3.8) is 0 Å². The maximum Gasteiger partial charge on any atom is 0.318 e. The van der Waals surface area contributed by atoms with Crippen LogP contribution in [0.2, 0.25) is 0 Å². The maximum atomic E-state index is 14.6. The van der Waals surface area contributed by atoms with Gasteiger partial charge in [0.15, 0.2) is 0 Å². The number of aliphatic carboxylic acids is 1. The number of benzene rings is 3. The lowest BCUT2D eigenvalue weighted by molar-refractivity contribution is -0.137.